The lowest BCUT2D eigenvalue weighted by atomic mass is 9.96. The Bertz CT molecular complexity index is 1840. The molecule has 0 atom stereocenters. The van der Waals surface area contributed by atoms with Crippen LogP contribution in [0.15, 0.2) is 132 Å². The molecule has 7 rings (SSSR count). The zero-order valence-corrected chi connectivity index (χ0v) is 19.0. The fourth-order valence-corrected chi connectivity index (χ4v) is 5.12. The van der Waals surface area contributed by atoms with E-state index in [9.17, 15) is 0 Å². The summed E-state index contributed by atoms with van der Waals surface area (Å²) in [6.07, 6.45) is 3.70. The fraction of sp³-hybridized carbons (Fsp3) is 0. The first-order chi connectivity index (χ1) is 17.4. The highest BCUT2D eigenvalue weighted by molar-refractivity contribution is 6.14. The van der Waals surface area contributed by atoms with Crippen molar-refractivity contribution in [2.75, 3.05) is 0 Å². The van der Waals surface area contributed by atoms with Crippen molar-refractivity contribution in [2.24, 2.45) is 0 Å². The second-order valence-corrected chi connectivity index (χ2v) is 8.82. The predicted molar refractivity (Wildman–Crippen MR) is 145 cm³/mol. The molecule has 2 aromatic heterocycles. The quantitative estimate of drug-likeness (QED) is 0.270. The van der Waals surface area contributed by atoms with Gasteiger partial charge in [-0.3, -0.25) is 4.98 Å². The molecule has 0 spiro atoms. The van der Waals surface area contributed by atoms with Crippen LogP contribution in [0.4, 0.5) is 0 Å². The van der Waals surface area contributed by atoms with Crippen molar-refractivity contribution in [1.29, 1.82) is 0 Å². The van der Waals surface area contributed by atoms with E-state index in [2.05, 4.69) is 114 Å². The lowest BCUT2D eigenvalue weighted by molar-refractivity contribution is 0.671. The van der Waals surface area contributed by atoms with Crippen LogP contribution in [0.5, 0.6) is 0 Å². The van der Waals surface area contributed by atoms with Crippen LogP contribution in [0.25, 0.3) is 66.1 Å². The van der Waals surface area contributed by atoms with Crippen molar-refractivity contribution in [1.82, 2.24) is 4.98 Å². The van der Waals surface area contributed by atoms with Crippen LogP contribution in [0.3, 0.4) is 0 Å². The monoisotopic (exact) mass is 447 g/mol. The van der Waals surface area contributed by atoms with E-state index in [0.717, 1.165) is 49.8 Å². The van der Waals surface area contributed by atoms with Crippen molar-refractivity contribution in [3.8, 4) is 33.4 Å². The van der Waals surface area contributed by atoms with Crippen molar-refractivity contribution in [3.05, 3.63) is 128 Å². The molecule has 35 heavy (non-hydrogen) atoms. The Morgan fingerprint density at radius 1 is 0.457 bits per heavy atom. The maximum atomic E-state index is 6.71. The van der Waals surface area contributed by atoms with Crippen LogP contribution in [0.1, 0.15) is 0 Å². The van der Waals surface area contributed by atoms with Gasteiger partial charge in [0.05, 0.1) is 0 Å². The third-order valence-corrected chi connectivity index (χ3v) is 6.77. The third kappa shape index (κ3) is 3.23. The number of aromatic nitrogens is 1. The molecule has 2 heteroatoms. The van der Waals surface area contributed by atoms with Crippen LogP contribution >= 0.6 is 0 Å². The average Bonchev–Trinajstić information content (AvgIpc) is 3.32. The lowest BCUT2D eigenvalue weighted by Crippen LogP contribution is -1.83. The summed E-state index contributed by atoms with van der Waals surface area (Å²) in [6, 6.07) is 40.5. The molecule has 2 heterocycles. The minimum Gasteiger partial charge on any atom is -0.455 e. The van der Waals surface area contributed by atoms with E-state index in [-0.39, 0.29) is 0 Å². The zero-order chi connectivity index (χ0) is 23.2. The molecular formula is C33H21NO. The summed E-state index contributed by atoms with van der Waals surface area (Å²) < 4.78 is 6.71. The SMILES string of the molecule is c1cncc(-c2cccc(-c3cccc4c3oc3c(-c5cccc6ccccc56)cccc34)c2)c1. The van der Waals surface area contributed by atoms with Crippen molar-refractivity contribution < 1.29 is 4.42 Å². The standard InChI is InChI=1S/C33H21NO/c1-2-13-26-22(8-1)9-4-15-28(26)29-16-6-18-31-30-17-5-14-27(32(30)35-33(29)31)24-11-3-10-23(20-24)25-12-7-19-34-21-25/h1-21H. The van der Waals surface area contributed by atoms with E-state index in [1.165, 1.54) is 16.3 Å². The van der Waals surface area contributed by atoms with E-state index < -0.39 is 0 Å². The van der Waals surface area contributed by atoms with Gasteiger partial charge in [-0.05, 0) is 39.6 Å². The van der Waals surface area contributed by atoms with Crippen molar-refractivity contribution in [2.45, 2.75) is 0 Å². The van der Waals surface area contributed by atoms with Crippen molar-refractivity contribution >= 4 is 32.7 Å². The van der Waals surface area contributed by atoms with Gasteiger partial charge in [0, 0.05) is 39.9 Å². The van der Waals surface area contributed by atoms with Gasteiger partial charge < -0.3 is 4.42 Å². The van der Waals surface area contributed by atoms with Gasteiger partial charge in [0.2, 0.25) is 0 Å². The largest absolute Gasteiger partial charge is 0.455 e. The van der Waals surface area contributed by atoms with Crippen LogP contribution in [0.2, 0.25) is 0 Å². The first-order valence-corrected chi connectivity index (χ1v) is 11.8. The molecule has 0 fully saturated rings. The number of fused-ring (bicyclic) bond motifs is 4. The summed E-state index contributed by atoms with van der Waals surface area (Å²) in [5, 5.41) is 4.72. The second-order valence-electron chi connectivity index (χ2n) is 8.82. The Kier molecular flexibility index (Phi) is 4.49. The Balaban J connectivity index is 1.46. The zero-order valence-electron chi connectivity index (χ0n) is 19.0. The molecule has 0 saturated heterocycles. The molecule has 0 saturated carbocycles. The Morgan fingerprint density at radius 2 is 1.09 bits per heavy atom. The number of para-hydroxylation sites is 2. The lowest BCUT2D eigenvalue weighted by Gasteiger charge is -2.07. The first-order valence-electron chi connectivity index (χ1n) is 11.8. The van der Waals surface area contributed by atoms with Gasteiger partial charge in [-0.1, -0.05) is 103 Å². The van der Waals surface area contributed by atoms with Gasteiger partial charge in [0.25, 0.3) is 0 Å². The number of pyridine rings is 1. The normalized spacial score (nSPS) is 11.4. The van der Waals surface area contributed by atoms with Gasteiger partial charge >= 0.3 is 0 Å². The smallest absolute Gasteiger partial charge is 0.143 e. The maximum Gasteiger partial charge on any atom is 0.143 e. The number of hydrogen-bond donors (Lipinski definition) is 0. The minimum atomic E-state index is 0.915. The number of nitrogens with zero attached hydrogens (tertiary/aromatic N) is 1. The highest BCUT2D eigenvalue weighted by Gasteiger charge is 2.16. The molecule has 0 N–H and O–H groups in total. The molecule has 0 unspecified atom stereocenters. The van der Waals surface area contributed by atoms with Gasteiger partial charge in [0.1, 0.15) is 11.2 Å². The van der Waals surface area contributed by atoms with Crippen LogP contribution in [-0.4, -0.2) is 4.98 Å². The Labute approximate surface area is 203 Å². The molecule has 7 aromatic rings. The summed E-state index contributed by atoms with van der Waals surface area (Å²) in [5.41, 5.74) is 8.60. The highest BCUT2D eigenvalue weighted by atomic mass is 16.3. The molecule has 164 valence electrons. The molecule has 0 aliphatic heterocycles. The molecule has 5 aromatic carbocycles. The van der Waals surface area contributed by atoms with Gasteiger partial charge in [-0.25, -0.2) is 0 Å². The topological polar surface area (TPSA) is 26.0 Å². The fourth-order valence-electron chi connectivity index (χ4n) is 5.12. The maximum absolute atomic E-state index is 6.71. The first kappa shape index (κ1) is 19.7. The summed E-state index contributed by atoms with van der Waals surface area (Å²) in [4.78, 5) is 4.28. The molecular weight excluding hydrogens is 426 g/mol. The summed E-state index contributed by atoms with van der Waals surface area (Å²) >= 11 is 0. The molecule has 0 radical (unpaired) electrons. The summed E-state index contributed by atoms with van der Waals surface area (Å²) in [5.74, 6) is 0. The summed E-state index contributed by atoms with van der Waals surface area (Å²) in [6.45, 7) is 0. The molecule has 2 nitrogen and oxygen atoms in total. The number of hydrogen-bond acceptors (Lipinski definition) is 2. The van der Waals surface area contributed by atoms with Gasteiger partial charge in [-0.15, -0.1) is 0 Å². The Hall–Kier alpha value is -4.69. The van der Waals surface area contributed by atoms with Gasteiger partial charge in [-0.2, -0.15) is 0 Å². The molecule has 0 bridgehead atoms. The van der Waals surface area contributed by atoms with E-state index in [1.54, 1.807) is 6.20 Å². The molecule has 0 aliphatic rings. The van der Waals surface area contributed by atoms with Crippen molar-refractivity contribution in [3.63, 3.8) is 0 Å². The van der Waals surface area contributed by atoms with Gasteiger partial charge in [0.15, 0.2) is 0 Å². The number of rotatable bonds is 3. The third-order valence-electron chi connectivity index (χ3n) is 6.77. The highest BCUT2D eigenvalue weighted by Crippen LogP contribution is 2.41. The number of furan rings is 1. The van der Waals surface area contributed by atoms with Crippen LogP contribution in [0, 0.1) is 0 Å². The predicted octanol–water partition coefficient (Wildman–Crippen LogP) is 9.14. The van der Waals surface area contributed by atoms with Crippen LogP contribution in [-0.2, 0) is 0 Å². The van der Waals surface area contributed by atoms with E-state index in [0.29, 0.717) is 0 Å². The average molecular weight is 448 g/mol. The van der Waals surface area contributed by atoms with E-state index in [4.69, 9.17) is 4.42 Å². The second kappa shape index (κ2) is 7.96. The molecule has 0 amide bonds. The number of benzene rings is 5. The minimum absolute atomic E-state index is 0.915. The van der Waals surface area contributed by atoms with Crippen LogP contribution < -0.4 is 0 Å². The Morgan fingerprint density at radius 3 is 1.94 bits per heavy atom. The van der Waals surface area contributed by atoms with E-state index >= 15 is 0 Å². The molecule has 0 aliphatic carbocycles. The summed E-state index contributed by atoms with van der Waals surface area (Å²) in [7, 11) is 0. The van der Waals surface area contributed by atoms with E-state index in [1.807, 2.05) is 12.3 Å².